The summed E-state index contributed by atoms with van der Waals surface area (Å²) >= 11 is 0. The van der Waals surface area contributed by atoms with Gasteiger partial charge in [0.05, 0.1) is 5.69 Å². The second-order valence-corrected chi connectivity index (χ2v) is 7.71. The molecule has 1 saturated heterocycles. The Morgan fingerprint density at radius 3 is 2.43 bits per heavy atom. The van der Waals surface area contributed by atoms with Gasteiger partial charge in [0.25, 0.3) is 0 Å². The molecule has 0 bridgehead atoms. The molecule has 2 rings (SSSR count). The Hall–Kier alpha value is -0.870. The van der Waals surface area contributed by atoms with Crippen molar-refractivity contribution in [1.82, 2.24) is 20.0 Å². The molecule has 1 aromatic rings. The Morgan fingerprint density at radius 2 is 1.90 bits per heavy atom. The smallest absolute Gasteiger partial charge is 0.0722 e. The fourth-order valence-corrected chi connectivity index (χ4v) is 3.17. The minimum Gasteiger partial charge on any atom is -0.310 e. The van der Waals surface area contributed by atoms with Gasteiger partial charge in [0.15, 0.2) is 0 Å². The maximum Gasteiger partial charge on any atom is 0.0722 e. The fraction of sp³-hybridized carbons (Fsp3) is 0.824. The fourth-order valence-electron chi connectivity index (χ4n) is 3.17. The van der Waals surface area contributed by atoms with E-state index < -0.39 is 0 Å². The maximum absolute atomic E-state index is 4.65. The molecule has 0 spiro atoms. The zero-order chi connectivity index (χ0) is 15.6. The van der Waals surface area contributed by atoms with Gasteiger partial charge in [-0.25, -0.2) is 0 Å². The summed E-state index contributed by atoms with van der Waals surface area (Å²) in [4.78, 5) is 2.57. The van der Waals surface area contributed by atoms with Crippen molar-refractivity contribution in [2.45, 2.75) is 71.5 Å². The van der Waals surface area contributed by atoms with E-state index in [0.29, 0.717) is 12.1 Å². The topological polar surface area (TPSA) is 33.1 Å². The molecular formula is C17H32N4. The third kappa shape index (κ3) is 4.30. The Kier molecular flexibility index (Phi) is 5.10. The molecule has 1 fully saturated rings. The number of nitrogens with zero attached hydrogens (tertiary/aromatic N) is 3. The van der Waals surface area contributed by atoms with Gasteiger partial charge < -0.3 is 10.2 Å². The third-order valence-electron chi connectivity index (χ3n) is 4.46. The molecule has 0 aliphatic carbocycles. The van der Waals surface area contributed by atoms with E-state index in [0.717, 1.165) is 6.54 Å². The van der Waals surface area contributed by atoms with Crippen molar-refractivity contribution in [1.29, 1.82) is 0 Å². The number of aromatic nitrogens is 2. The van der Waals surface area contributed by atoms with E-state index in [9.17, 15) is 0 Å². The van der Waals surface area contributed by atoms with Crippen LogP contribution in [0.15, 0.2) is 6.20 Å². The van der Waals surface area contributed by atoms with Crippen LogP contribution in [0.1, 0.15) is 58.7 Å². The van der Waals surface area contributed by atoms with Crippen molar-refractivity contribution < 1.29 is 0 Å². The van der Waals surface area contributed by atoms with Crippen LogP contribution in [0.25, 0.3) is 0 Å². The van der Waals surface area contributed by atoms with Crippen LogP contribution >= 0.6 is 0 Å². The molecule has 0 atom stereocenters. The number of likely N-dealkylation sites (tertiary alicyclic amines) is 1. The molecule has 0 radical (unpaired) electrons. The summed E-state index contributed by atoms with van der Waals surface area (Å²) in [7, 11) is 2.01. The third-order valence-corrected chi connectivity index (χ3v) is 4.46. The minimum atomic E-state index is 0.110. The average Bonchev–Trinajstić information content (AvgIpc) is 2.78. The lowest BCUT2D eigenvalue weighted by Crippen LogP contribution is -2.44. The lowest BCUT2D eigenvalue weighted by atomic mass is 9.89. The van der Waals surface area contributed by atoms with E-state index in [1.54, 1.807) is 0 Å². The highest BCUT2D eigenvalue weighted by Crippen LogP contribution is 2.24. The quantitative estimate of drug-likeness (QED) is 0.926. The number of hydrogen-bond acceptors (Lipinski definition) is 3. The highest BCUT2D eigenvalue weighted by Gasteiger charge is 2.24. The summed E-state index contributed by atoms with van der Waals surface area (Å²) in [6, 6.07) is 1.32. The molecule has 21 heavy (non-hydrogen) atoms. The molecule has 1 N–H and O–H groups in total. The first kappa shape index (κ1) is 16.5. The summed E-state index contributed by atoms with van der Waals surface area (Å²) in [5, 5.41) is 8.39. The summed E-state index contributed by atoms with van der Waals surface area (Å²) in [6.45, 7) is 14.7. The molecule has 0 unspecified atom stereocenters. The van der Waals surface area contributed by atoms with Crippen LogP contribution in [-0.4, -0.2) is 39.9 Å². The van der Waals surface area contributed by atoms with Crippen molar-refractivity contribution in [2.75, 3.05) is 13.1 Å². The monoisotopic (exact) mass is 292 g/mol. The first-order chi connectivity index (χ1) is 9.77. The summed E-state index contributed by atoms with van der Waals surface area (Å²) in [6.07, 6.45) is 4.67. The lowest BCUT2D eigenvalue weighted by molar-refractivity contribution is 0.161. The van der Waals surface area contributed by atoms with Crippen molar-refractivity contribution in [3.05, 3.63) is 17.5 Å². The number of piperidine rings is 1. The molecule has 4 nitrogen and oxygen atoms in total. The predicted molar refractivity (Wildman–Crippen MR) is 88.5 cm³/mol. The van der Waals surface area contributed by atoms with Gasteiger partial charge in [-0.2, -0.15) is 5.10 Å². The standard InChI is InChI=1S/C17H32N4/c1-13(2)21-9-7-15(8-10-21)18-11-14-12-20(6)19-16(14)17(3,4)5/h12-13,15,18H,7-11H2,1-6H3. The van der Waals surface area contributed by atoms with Gasteiger partial charge in [0.1, 0.15) is 0 Å². The van der Waals surface area contributed by atoms with E-state index in [2.05, 4.69) is 56.1 Å². The molecule has 0 saturated carbocycles. The number of hydrogen-bond donors (Lipinski definition) is 1. The number of nitrogens with one attached hydrogen (secondary N) is 1. The average molecular weight is 292 g/mol. The highest BCUT2D eigenvalue weighted by atomic mass is 15.3. The van der Waals surface area contributed by atoms with Crippen LogP contribution in [0.3, 0.4) is 0 Å². The van der Waals surface area contributed by atoms with Gasteiger partial charge in [-0.3, -0.25) is 4.68 Å². The van der Waals surface area contributed by atoms with Crippen molar-refractivity contribution in [3.63, 3.8) is 0 Å². The zero-order valence-corrected chi connectivity index (χ0v) is 14.6. The SMILES string of the molecule is CC(C)N1CCC(NCc2cn(C)nc2C(C)(C)C)CC1. The second-order valence-electron chi connectivity index (χ2n) is 7.71. The van der Waals surface area contributed by atoms with Gasteiger partial charge in [-0.05, 0) is 39.8 Å². The van der Waals surface area contributed by atoms with Crippen LogP contribution in [0.2, 0.25) is 0 Å². The Labute approximate surface area is 129 Å². The van der Waals surface area contributed by atoms with Crippen LogP contribution < -0.4 is 5.32 Å². The number of rotatable bonds is 4. The van der Waals surface area contributed by atoms with Crippen LogP contribution in [0, 0.1) is 0 Å². The molecule has 4 heteroatoms. The molecule has 1 aliphatic rings. The zero-order valence-electron chi connectivity index (χ0n) is 14.6. The van der Waals surface area contributed by atoms with Crippen molar-refractivity contribution >= 4 is 0 Å². The predicted octanol–water partition coefficient (Wildman–Crippen LogP) is 2.68. The van der Waals surface area contributed by atoms with Gasteiger partial charge in [0, 0.05) is 42.9 Å². The first-order valence-electron chi connectivity index (χ1n) is 8.28. The van der Waals surface area contributed by atoms with E-state index in [1.165, 1.54) is 37.2 Å². The largest absolute Gasteiger partial charge is 0.310 e. The Balaban J connectivity index is 1.90. The van der Waals surface area contributed by atoms with Crippen LogP contribution in [-0.2, 0) is 19.0 Å². The first-order valence-corrected chi connectivity index (χ1v) is 8.28. The summed E-state index contributed by atoms with van der Waals surface area (Å²) in [5.41, 5.74) is 2.67. The summed E-state index contributed by atoms with van der Waals surface area (Å²) < 4.78 is 1.94. The van der Waals surface area contributed by atoms with Crippen LogP contribution in [0.5, 0.6) is 0 Å². The molecule has 120 valence electrons. The highest BCUT2D eigenvalue weighted by molar-refractivity contribution is 5.24. The van der Waals surface area contributed by atoms with Crippen molar-refractivity contribution in [2.24, 2.45) is 7.05 Å². The molecule has 0 amide bonds. The van der Waals surface area contributed by atoms with E-state index in [1.807, 2.05) is 11.7 Å². The van der Waals surface area contributed by atoms with E-state index in [4.69, 9.17) is 0 Å². The number of aryl methyl sites for hydroxylation is 1. The second kappa shape index (κ2) is 6.49. The Bertz CT molecular complexity index is 448. The molecule has 2 heterocycles. The minimum absolute atomic E-state index is 0.110. The Morgan fingerprint density at radius 1 is 1.29 bits per heavy atom. The van der Waals surface area contributed by atoms with Crippen LogP contribution in [0.4, 0.5) is 0 Å². The van der Waals surface area contributed by atoms with Gasteiger partial charge in [-0.15, -0.1) is 0 Å². The molecule has 0 aromatic carbocycles. The molecular weight excluding hydrogens is 260 g/mol. The van der Waals surface area contributed by atoms with Gasteiger partial charge in [-0.1, -0.05) is 20.8 Å². The summed E-state index contributed by atoms with van der Waals surface area (Å²) in [5.74, 6) is 0. The van der Waals surface area contributed by atoms with Gasteiger partial charge >= 0.3 is 0 Å². The molecule has 1 aliphatic heterocycles. The maximum atomic E-state index is 4.65. The van der Waals surface area contributed by atoms with Gasteiger partial charge in [0.2, 0.25) is 0 Å². The lowest BCUT2D eigenvalue weighted by Gasteiger charge is -2.35. The normalized spacial score (nSPS) is 18.6. The van der Waals surface area contributed by atoms with E-state index >= 15 is 0 Å². The van der Waals surface area contributed by atoms with E-state index in [-0.39, 0.29) is 5.41 Å². The van der Waals surface area contributed by atoms with Crippen molar-refractivity contribution in [3.8, 4) is 0 Å². The molecule has 1 aromatic heterocycles.